The molecular weight excluding hydrogens is 569 g/mol. The summed E-state index contributed by atoms with van der Waals surface area (Å²) < 4.78 is 25.2. The monoisotopic (exact) mass is 593 g/mol. The molecule has 4 aromatic rings. The Balaban J connectivity index is 1.57. The van der Waals surface area contributed by atoms with E-state index >= 15 is 0 Å². The Labute approximate surface area is 252 Å². The van der Waals surface area contributed by atoms with E-state index in [1.165, 1.54) is 38.5 Å². The third kappa shape index (κ3) is 3.74. The number of nitrogens with zero attached hydrogens (tertiary/aromatic N) is 1. The molecule has 1 spiro atoms. The smallest absolute Gasteiger partial charge is 0.185 e. The van der Waals surface area contributed by atoms with Gasteiger partial charge in [-0.25, -0.2) is 4.39 Å². The molecule has 1 aliphatic carbocycles. The normalized spacial score (nSPS) is 21.0. The zero-order valence-corrected chi connectivity index (χ0v) is 24.0. The second-order valence-electron chi connectivity index (χ2n) is 10.9. The van der Waals surface area contributed by atoms with E-state index in [4.69, 9.17) is 21.1 Å². The average Bonchev–Trinajstić information content (AvgIpc) is 3.46. The Morgan fingerprint density at radius 2 is 1.58 bits per heavy atom. The molecule has 2 heterocycles. The largest absolute Gasteiger partial charge is 0.497 e. The summed E-state index contributed by atoms with van der Waals surface area (Å²) in [7, 11) is 3.02. The van der Waals surface area contributed by atoms with Crippen LogP contribution in [0, 0.1) is 11.2 Å². The number of Topliss-reactive ketones (excluding diaryl/α,β-unsaturated/α-hetero) is 3. The number of carbonyl (C=O) groups excluding carboxylic acids is 3. The molecule has 0 radical (unpaired) electrons. The number of ether oxygens (including phenoxy) is 2. The first-order valence-corrected chi connectivity index (χ1v) is 14.2. The van der Waals surface area contributed by atoms with Gasteiger partial charge in [0.15, 0.2) is 17.3 Å². The number of benzene rings is 4. The van der Waals surface area contributed by atoms with Crippen molar-refractivity contribution in [3.8, 4) is 11.5 Å². The average molecular weight is 594 g/mol. The number of ketones is 3. The fraction of sp³-hybridized carbons (Fsp3) is 0.171. The Morgan fingerprint density at radius 3 is 2.23 bits per heavy atom. The number of rotatable bonds is 5. The van der Waals surface area contributed by atoms with Gasteiger partial charge in [-0.15, -0.1) is 0 Å². The van der Waals surface area contributed by atoms with Crippen LogP contribution in [0.5, 0.6) is 11.5 Å². The highest BCUT2D eigenvalue weighted by Crippen LogP contribution is 2.62. The molecule has 0 N–H and O–H groups in total. The van der Waals surface area contributed by atoms with Crippen molar-refractivity contribution in [2.45, 2.75) is 18.0 Å². The Kier molecular flexibility index (Phi) is 6.25. The number of halogens is 2. The molecule has 0 amide bonds. The van der Waals surface area contributed by atoms with Crippen molar-refractivity contribution < 1.29 is 28.2 Å². The van der Waals surface area contributed by atoms with Crippen LogP contribution in [0.2, 0.25) is 5.02 Å². The van der Waals surface area contributed by atoms with Crippen molar-refractivity contribution >= 4 is 40.7 Å². The highest BCUT2D eigenvalue weighted by molar-refractivity contribution is 6.33. The summed E-state index contributed by atoms with van der Waals surface area (Å²) >= 11 is 6.36. The molecule has 0 saturated carbocycles. The van der Waals surface area contributed by atoms with Crippen molar-refractivity contribution in [1.29, 1.82) is 0 Å². The van der Waals surface area contributed by atoms with Gasteiger partial charge in [-0.1, -0.05) is 54.1 Å². The standard InChI is InChI=1S/C35H25ClFNO5/c1-42-23-13-14-26(28(18-23)43-2)30-31(32(39)19-7-11-22(37)12-8-19)38-27-15-10-21(36)17-20(27)9-16-29(38)35(30)33(40)24-5-3-4-6-25(24)34(35)41/h3-18,29-31H,1-2H3/t29-,30+,31-/m0/s1. The number of methoxy groups -OCH3 is 2. The zero-order valence-electron chi connectivity index (χ0n) is 23.2. The van der Waals surface area contributed by atoms with Gasteiger partial charge in [0.1, 0.15) is 28.8 Å². The summed E-state index contributed by atoms with van der Waals surface area (Å²) in [5.74, 6) is -1.67. The molecule has 7 rings (SSSR count). The van der Waals surface area contributed by atoms with Crippen LogP contribution in [0.15, 0.2) is 91.0 Å². The van der Waals surface area contributed by atoms with E-state index in [-0.39, 0.29) is 22.9 Å². The van der Waals surface area contributed by atoms with Gasteiger partial charge in [-0.3, -0.25) is 14.4 Å². The van der Waals surface area contributed by atoms with Crippen LogP contribution in [0.1, 0.15) is 48.1 Å². The van der Waals surface area contributed by atoms with Crippen molar-refractivity contribution in [1.82, 2.24) is 0 Å². The minimum atomic E-state index is -1.71. The topological polar surface area (TPSA) is 72.9 Å². The van der Waals surface area contributed by atoms with E-state index in [1.807, 2.05) is 17.1 Å². The van der Waals surface area contributed by atoms with Crippen LogP contribution in [0.25, 0.3) is 6.08 Å². The van der Waals surface area contributed by atoms with Crippen LogP contribution >= 0.6 is 11.6 Å². The number of carbonyl (C=O) groups is 3. The summed E-state index contributed by atoms with van der Waals surface area (Å²) in [6.07, 6.45) is 3.67. The minimum Gasteiger partial charge on any atom is -0.497 e. The molecule has 43 heavy (non-hydrogen) atoms. The molecule has 1 fully saturated rings. The summed E-state index contributed by atoms with van der Waals surface area (Å²) in [5.41, 5.74) is 1.08. The van der Waals surface area contributed by atoms with Gasteiger partial charge < -0.3 is 14.4 Å². The number of anilines is 1. The van der Waals surface area contributed by atoms with Crippen LogP contribution < -0.4 is 14.4 Å². The van der Waals surface area contributed by atoms with Gasteiger partial charge in [0.2, 0.25) is 0 Å². The number of fused-ring (bicyclic) bond motifs is 5. The molecule has 0 unspecified atom stereocenters. The third-order valence-corrected chi connectivity index (χ3v) is 9.17. The maximum Gasteiger partial charge on any atom is 0.185 e. The molecule has 0 aromatic heterocycles. The van der Waals surface area contributed by atoms with Crippen LogP contribution in [-0.2, 0) is 0 Å². The van der Waals surface area contributed by atoms with Crippen molar-refractivity contribution in [2.75, 3.05) is 19.1 Å². The van der Waals surface area contributed by atoms with E-state index in [1.54, 1.807) is 60.7 Å². The van der Waals surface area contributed by atoms with Gasteiger partial charge in [-0.05, 0) is 54.1 Å². The molecule has 4 aromatic carbocycles. The predicted octanol–water partition coefficient (Wildman–Crippen LogP) is 6.81. The minimum absolute atomic E-state index is 0.250. The molecular formula is C35H25ClFNO5. The van der Waals surface area contributed by atoms with Gasteiger partial charge >= 0.3 is 0 Å². The van der Waals surface area contributed by atoms with Gasteiger partial charge in [-0.2, -0.15) is 0 Å². The van der Waals surface area contributed by atoms with E-state index < -0.39 is 29.2 Å². The highest BCUT2D eigenvalue weighted by atomic mass is 35.5. The van der Waals surface area contributed by atoms with Crippen LogP contribution in [0.3, 0.4) is 0 Å². The zero-order chi connectivity index (χ0) is 30.0. The van der Waals surface area contributed by atoms with E-state index in [9.17, 15) is 18.8 Å². The summed E-state index contributed by atoms with van der Waals surface area (Å²) in [6, 6.07) is 20.7. The maximum absolute atomic E-state index is 14.8. The summed E-state index contributed by atoms with van der Waals surface area (Å²) in [6.45, 7) is 0. The second kappa shape index (κ2) is 9.92. The van der Waals surface area contributed by atoms with Crippen molar-refractivity contribution in [3.63, 3.8) is 0 Å². The lowest BCUT2D eigenvalue weighted by molar-refractivity contribution is 0.0665. The SMILES string of the molecule is COc1ccc([C@@H]2[C@@H](C(=O)c3ccc(F)cc3)N3c4ccc(Cl)cc4C=C[C@H]3C23C(=O)c2ccccc2C3=O)c(OC)c1. The van der Waals surface area contributed by atoms with Gasteiger partial charge in [0, 0.05) is 44.9 Å². The Bertz CT molecular complexity index is 1830. The first-order chi connectivity index (χ1) is 20.8. The van der Waals surface area contributed by atoms with Gasteiger partial charge in [0.25, 0.3) is 0 Å². The third-order valence-electron chi connectivity index (χ3n) is 8.94. The molecule has 214 valence electrons. The Morgan fingerprint density at radius 1 is 0.884 bits per heavy atom. The Hall–Kier alpha value is -4.75. The van der Waals surface area contributed by atoms with Crippen LogP contribution in [0.4, 0.5) is 10.1 Å². The molecule has 3 aliphatic rings. The first-order valence-electron chi connectivity index (χ1n) is 13.8. The second-order valence-corrected chi connectivity index (χ2v) is 11.3. The lowest BCUT2D eigenvalue weighted by Gasteiger charge is -2.37. The first kappa shape index (κ1) is 27.1. The molecule has 0 bridgehead atoms. The van der Waals surface area contributed by atoms with Crippen LogP contribution in [-0.4, -0.2) is 43.7 Å². The van der Waals surface area contributed by atoms with Crippen molar-refractivity contribution in [2.24, 2.45) is 5.41 Å². The summed E-state index contributed by atoms with van der Waals surface area (Å²) in [5, 5.41) is 0.506. The molecule has 6 nitrogen and oxygen atoms in total. The fourth-order valence-corrected chi connectivity index (χ4v) is 7.33. The number of hydrogen-bond acceptors (Lipinski definition) is 6. The predicted molar refractivity (Wildman–Crippen MR) is 161 cm³/mol. The summed E-state index contributed by atoms with van der Waals surface area (Å²) in [4.78, 5) is 46.1. The lowest BCUT2D eigenvalue weighted by Crippen LogP contribution is -2.48. The highest BCUT2D eigenvalue weighted by Gasteiger charge is 2.72. The molecule has 2 aliphatic heterocycles. The van der Waals surface area contributed by atoms with Crippen molar-refractivity contribution in [3.05, 3.63) is 130 Å². The molecule has 1 saturated heterocycles. The maximum atomic E-state index is 14.8. The quantitative estimate of drug-likeness (QED) is 0.187. The van der Waals surface area contributed by atoms with E-state index in [0.717, 1.165) is 5.56 Å². The number of hydrogen-bond donors (Lipinski definition) is 0. The van der Waals surface area contributed by atoms with E-state index in [2.05, 4.69) is 0 Å². The van der Waals surface area contributed by atoms with E-state index in [0.29, 0.717) is 38.9 Å². The molecule has 8 heteroatoms. The lowest BCUT2D eigenvalue weighted by atomic mass is 9.64. The fourth-order valence-electron chi connectivity index (χ4n) is 7.15. The van der Waals surface area contributed by atoms with Gasteiger partial charge in [0.05, 0.1) is 20.3 Å². The molecule has 3 atom stereocenters.